The lowest BCUT2D eigenvalue weighted by Gasteiger charge is -2.18. The molecule has 0 spiro atoms. The third-order valence-electron chi connectivity index (χ3n) is 5.46. The number of hydrogen-bond donors (Lipinski definition) is 3. The molecule has 9 heteroatoms. The number of anilines is 3. The van der Waals surface area contributed by atoms with Crippen molar-refractivity contribution < 1.29 is 9.72 Å². The van der Waals surface area contributed by atoms with Crippen LogP contribution in [-0.2, 0) is 11.2 Å². The van der Waals surface area contributed by atoms with E-state index < -0.39 is 10.8 Å². The van der Waals surface area contributed by atoms with Crippen LogP contribution in [0.5, 0.6) is 0 Å². The second kappa shape index (κ2) is 10.9. The molecule has 0 atom stereocenters. The van der Waals surface area contributed by atoms with E-state index in [0.29, 0.717) is 5.69 Å². The Labute approximate surface area is 202 Å². The van der Waals surface area contributed by atoms with Crippen molar-refractivity contribution in [3.63, 3.8) is 0 Å². The van der Waals surface area contributed by atoms with Gasteiger partial charge in [-0.2, -0.15) is 0 Å². The maximum Gasteiger partial charge on any atom is 0.355 e. The summed E-state index contributed by atoms with van der Waals surface area (Å²) in [5.41, 5.74) is 8.19. The molecule has 0 aliphatic heterocycles. The maximum absolute atomic E-state index is 13.2. The zero-order valence-corrected chi connectivity index (χ0v) is 19.0. The number of nitrogens with zero attached hydrogens (tertiary/aromatic N) is 3. The predicted molar refractivity (Wildman–Crippen MR) is 134 cm³/mol. The van der Waals surface area contributed by atoms with Gasteiger partial charge in [-0.3, -0.25) is 25.8 Å². The van der Waals surface area contributed by atoms with Crippen molar-refractivity contribution >= 4 is 28.9 Å². The van der Waals surface area contributed by atoms with Gasteiger partial charge in [0.05, 0.1) is 10.8 Å². The zero-order chi connectivity index (χ0) is 24.6. The van der Waals surface area contributed by atoms with E-state index >= 15 is 0 Å². The van der Waals surface area contributed by atoms with Crippen molar-refractivity contribution in [2.75, 3.05) is 10.7 Å². The van der Waals surface area contributed by atoms with Gasteiger partial charge in [-0.15, -0.1) is 0 Å². The Kier molecular flexibility index (Phi) is 7.27. The lowest BCUT2D eigenvalue weighted by atomic mass is 9.91. The minimum absolute atomic E-state index is 0.00802. The summed E-state index contributed by atoms with van der Waals surface area (Å²) in [7, 11) is 0. The number of carbonyl (C=O) groups excluding carboxylic acids is 1. The molecule has 0 saturated carbocycles. The molecule has 35 heavy (non-hydrogen) atoms. The molecule has 4 rings (SSSR count). The van der Waals surface area contributed by atoms with E-state index in [-0.39, 0.29) is 23.2 Å². The molecule has 1 amide bonds. The predicted octanol–water partition coefficient (Wildman–Crippen LogP) is 4.97. The number of benzene rings is 3. The highest BCUT2D eigenvalue weighted by Crippen LogP contribution is 2.31. The van der Waals surface area contributed by atoms with Gasteiger partial charge in [0.15, 0.2) is 0 Å². The third-order valence-corrected chi connectivity index (χ3v) is 5.46. The Bertz CT molecular complexity index is 1260. The standard InChI is InChI=1S/C26H24N6O3/c1-2-18-13-15-21(16-14-18)29-24-23(32(34)35)25(28-17-27-24)30-31-26(33)22(19-9-5-3-6-10-19)20-11-7-4-8-12-20/h3-17,22H,2H2,1H3,(H,31,33)(H2,27,28,29,30). The molecule has 0 aliphatic carbocycles. The Morgan fingerprint density at radius 3 is 2.00 bits per heavy atom. The van der Waals surface area contributed by atoms with E-state index in [1.54, 1.807) is 0 Å². The van der Waals surface area contributed by atoms with Crippen LogP contribution in [0.2, 0.25) is 0 Å². The van der Waals surface area contributed by atoms with Crippen molar-refractivity contribution in [3.8, 4) is 0 Å². The van der Waals surface area contributed by atoms with Crippen LogP contribution in [0.4, 0.5) is 23.0 Å². The van der Waals surface area contributed by atoms with Gasteiger partial charge in [-0.25, -0.2) is 9.97 Å². The van der Waals surface area contributed by atoms with Crippen LogP contribution in [0, 0.1) is 10.1 Å². The van der Waals surface area contributed by atoms with Gasteiger partial charge in [0.25, 0.3) is 0 Å². The van der Waals surface area contributed by atoms with Crippen molar-refractivity contribution in [1.82, 2.24) is 15.4 Å². The van der Waals surface area contributed by atoms with E-state index in [0.717, 1.165) is 23.1 Å². The van der Waals surface area contributed by atoms with Crippen LogP contribution in [0.25, 0.3) is 0 Å². The number of nitrogens with one attached hydrogen (secondary N) is 3. The number of carbonyl (C=O) groups is 1. The van der Waals surface area contributed by atoms with Crippen LogP contribution in [0.1, 0.15) is 29.5 Å². The molecule has 0 radical (unpaired) electrons. The maximum atomic E-state index is 13.2. The molecule has 1 aromatic heterocycles. The smallest absolute Gasteiger partial charge is 0.334 e. The Morgan fingerprint density at radius 2 is 1.46 bits per heavy atom. The number of aromatic nitrogens is 2. The highest BCUT2D eigenvalue weighted by molar-refractivity contribution is 5.88. The number of aryl methyl sites for hydroxylation is 1. The summed E-state index contributed by atoms with van der Waals surface area (Å²) in [5.74, 6) is -1.14. The van der Waals surface area contributed by atoms with Gasteiger partial charge < -0.3 is 5.32 Å². The normalized spacial score (nSPS) is 10.6. The fraction of sp³-hybridized carbons (Fsp3) is 0.115. The summed E-state index contributed by atoms with van der Waals surface area (Å²) in [5, 5.41) is 14.8. The van der Waals surface area contributed by atoms with E-state index in [1.165, 1.54) is 6.33 Å². The van der Waals surface area contributed by atoms with E-state index in [4.69, 9.17) is 0 Å². The molecule has 4 aromatic rings. The first-order valence-electron chi connectivity index (χ1n) is 11.1. The number of hydrogen-bond acceptors (Lipinski definition) is 7. The van der Waals surface area contributed by atoms with Crippen LogP contribution >= 0.6 is 0 Å². The van der Waals surface area contributed by atoms with Crippen LogP contribution in [0.15, 0.2) is 91.3 Å². The Balaban J connectivity index is 1.58. The highest BCUT2D eigenvalue weighted by Gasteiger charge is 2.26. The molecule has 0 fully saturated rings. The van der Waals surface area contributed by atoms with E-state index in [2.05, 4.69) is 26.1 Å². The van der Waals surface area contributed by atoms with Gasteiger partial charge in [-0.05, 0) is 35.2 Å². The van der Waals surface area contributed by atoms with Crippen LogP contribution in [-0.4, -0.2) is 20.8 Å². The molecular weight excluding hydrogens is 444 g/mol. The molecule has 9 nitrogen and oxygen atoms in total. The highest BCUT2D eigenvalue weighted by atomic mass is 16.6. The van der Waals surface area contributed by atoms with Gasteiger partial charge in [0.1, 0.15) is 6.33 Å². The summed E-state index contributed by atoms with van der Waals surface area (Å²) in [6.45, 7) is 2.05. The first kappa shape index (κ1) is 23.4. The second-order valence-electron chi connectivity index (χ2n) is 7.72. The average molecular weight is 469 g/mol. The summed E-state index contributed by atoms with van der Waals surface area (Å²) in [6.07, 6.45) is 2.07. The second-order valence-corrected chi connectivity index (χ2v) is 7.72. The SMILES string of the molecule is CCc1ccc(Nc2ncnc(NNC(=O)C(c3ccccc3)c3ccccc3)c2[N+](=O)[O-])cc1. The molecule has 176 valence electrons. The Hall–Kier alpha value is -4.79. The largest absolute Gasteiger partial charge is 0.355 e. The fourth-order valence-electron chi connectivity index (χ4n) is 3.67. The molecule has 0 unspecified atom stereocenters. The first-order chi connectivity index (χ1) is 17.1. The van der Waals surface area contributed by atoms with Crippen molar-refractivity contribution in [2.45, 2.75) is 19.3 Å². The Morgan fingerprint density at radius 1 is 0.886 bits per heavy atom. The molecule has 3 N–H and O–H groups in total. The van der Waals surface area contributed by atoms with Gasteiger partial charge in [0.2, 0.25) is 17.5 Å². The third kappa shape index (κ3) is 5.59. The monoisotopic (exact) mass is 468 g/mol. The van der Waals surface area contributed by atoms with Crippen molar-refractivity contribution in [2.24, 2.45) is 0 Å². The van der Waals surface area contributed by atoms with Crippen molar-refractivity contribution in [3.05, 3.63) is 118 Å². The summed E-state index contributed by atoms with van der Waals surface area (Å²) < 4.78 is 0. The van der Waals surface area contributed by atoms with Crippen LogP contribution in [0.3, 0.4) is 0 Å². The minimum Gasteiger partial charge on any atom is -0.334 e. The molecule has 3 aromatic carbocycles. The topological polar surface area (TPSA) is 122 Å². The average Bonchev–Trinajstić information content (AvgIpc) is 2.89. The van der Waals surface area contributed by atoms with E-state index in [9.17, 15) is 14.9 Å². The number of amides is 1. The zero-order valence-electron chi connectivity index (χ0n) is 19.0. The van der Waals surface area contributed by atoms with E-state index in [1.807, 2.05) is 91.9 Å². The number of hydrazine groups is 1. The van der Waals surface area contributed by atoms with Gasteiger partial charge >= 0.3 is 5.69 Å². The fourth-order valence-corrected chi connectivity index (χ4v) is 3.67. The molecule has 0 aliphatic rings. The first-order valence-corrected chi connectivity index (χ1v) is 11.1. The molecule has 0 saturated heterocycles. The van der Waals surface area contributed by atoms with Gasteiger partial charge in [-0.1, -0.05) is 79.7 Å². The molecule has 1 heterocycles. The molecular formula is C26H24N6O3. The van der Waals surface area contributed by atoms with Crippen molar-refractivity contribution in [1.29, 1.82) is 0 Å². The summed E-state index contributed by atoms with van der Waals surface area (Å²) in [4.78, 5) is 32.6. The minimum atomic E-state index is -0.625. The van der Waals surface area contributed by atoms with Crippen LogP contribution < -0.4 is 16.2 Å². The number of nitro groups is 1. The number of rotatable bonds is 9. The summed E-state index contributed by atoms with van der Waals surface area (Å²) in [6, 6.07) is 26.1. The summed E-state index contributed by atoms with van der Waals surface area (Å²) >= 11 is 0. The van der Waals surface area contributed by atoms with Gasteiger partial charge in [0, 0.05) is 5.69 Å². The molecule has 0 bridgehead atoms. The lowest BCUT2D eigenvalue weighted by Crippen LogP contribution is -2.35. The lowest BCUT2D eigenvalue weighted by molar-refractivity contribution is -0.383. The quantitative estimate of drug-likeness (QED) is 0.234.